The Morgan fingerprint density at radius 1 is 1.10 bits per heavy atom. The fourth-order valence-electron chi connectivity index (χ4n) is 3.20. The molecule has 2 amide bonds. The maximum Gasteiger partial charge on any atom is 0.287 e. The largest absolute Gasteiger partial charge is 0.363 e. The molecule has 1 aromatic carbocycles. The minimum absolute atomic E-state index is 0.0464. The molecular formula is C20H17N7O3. The Morgan fingerprint density at radius 2 is 1.90 bits per heavy atom. The number of benzene rings is 1. The van der Waals surface area contributed by atoms with E-state index >= 15 is 0 Å². The molecule has 3 aromatic heterocycles. The van der Waals surface area contributed by atoms with Gasteiger partial charge < -0.3 is 16.0 Å². The molecule has 0 aliphatic carbocycles. The number of amides is 2. The van der Waals surface area contributed by atoms with Gasteiger partial charge >= 0.3 is 0 Å². The predicted molar refractivity (Wildman–Crippen MR) is 107 cm³/mol. The summed E-state index contributed by atoms with van der Waals surface area (Å²) >= 11 is 0. The van der Waals surface area contributed by atoms with Crippen LogP contribution >= 0.6 is 0 Å². The van der Waals surface area contributed by atoms with Crippen molar-refractivity contribution in [3.8, 4) is 11.4 Å². The third-order valence-electron chi connectivity index (χ3n) is 4.65. The van der Waals surface area contributed by atoms with Crippen LogP contribution in [-0.4, -0.2) is 49.0 Å². The van der Waals surface area contributed by atoms with Crippen LogP contribution in [0.5, 0.6) is 0 Å². The molecule has 0 saturated carbocycles. The number of aromatic nitrogens is 5. The van der Waals surface area contributed by atoms with Gasteiger partial charge in [0.1, 0.15) is 11.7 Å². The highest BCUT2D eigenvalue weighted by atomic mass is 16.2. The fourth-order valence-corrected chi connectivity index (χ4v) is 3.20. The number of fused-ring (bicyclic) bond motifs is 1. The summed E-state index contributed by atoms with van der Waals surface area (Å²) in [5, 5.41) is 13.5. The normalized spacial score (nSPS) is 11.9. The average molecular weight is 403 g/mol. The Hall–Kier alpha value is -4.34. The van der Waals surface area contributed by atoms with Gasteiger partial charge in [0, 0.05) is 29.7 Å². The van der Waals surface area contributed by atoms with Gasteiger partial charge in [-0.05, 0) is 23.8 Å². The van der Waals surface area contributed by atoms with Crippen molar-refractivity contribution in [2.45, 2.75) is 12.5 Å². The summed E-state index contributed by atoms with van der Waals surface area (Å²) in [5.41, 5.74) is 7.55. The van der Waals surface area contributed by atoms with Gasteiger partial charge in [0.25, 0.3) is 11.8 Å². The van der Waals surface area contributed by atoms with E-state index in [-0.39, 0.29) is 12.1 Å². The predicted octanol–water partition coefficient (Wildman–Crippen LogP) is 0.743. The van der Waals surface area contributed by atoms with Crippen LogP contribution in [-0.2, 0) is 16.0 Å². The van der Waals surface area contributed by atoms with Gasteiger partial charge in [-0.1, -0.05) is 29.5 Å². The number of Topliss-reactive ketones (excluding diaryl/α,β-unsaturated/α-hetero) is 1. The molecule has 3 heterocycles. The number of aromatic amines is 2. The van der Waals surface area contributed by atoms with Crippen LogP contribution in [0.25, 0.3) is 22.3 Å². The molecule has 4 aromatic rings. The lowest BCUT2D eigenvalue weighted by molar-refractivity contribution is -0.137. The highest BCUT2D eigenvalue weighted by Gasteiger charge is 2.29. The quantitative estimate of drug-likeness (QED) is 0.333. The van der Waals surface area contributed by atoms with Gasteiger partial charge in [-0.2, -0.15) is 0 Å². The lowest BCUT2D eigenvalue weighted by Crippen LogP contribution is -2.47. The molecule has 0 aliphatic rings. The zero-order chi connectivity index (χ0) is 21.1. The molecule has 0 bridgehead atoms. The first-order chi connectivity index (χ1) is 14.5. The van der Waals surface area contributed by atoms with Gasteiger partial charge in [-0.3, -0.25) is 24.5 Å². The van der Waals surface area contributed by atoms with E-state index in [9.17, 15) is 14.4 Å². The number of para-hydroxylation sites is 1. The van der Waals surface area contributed by atoms with Crippen LogP contribution in [0, 0.1) is 0 Å². The van der Waals surface area contributed by atoms with Crippen molar-refractivity contribution >= 4 is 28.5 Å². The summed E-state index contributed by atoms with van der Waals surface area (Å²) in [4.78, 5) is 44.1. The Bertz CT molecular complexity index is 1230. The molecule has 1 unspecified atom stereocenters. The van der Waals surface area contributed by atoms with Crippen LogP contribution in [0.15, 0.2) is 54.9 Å². The van der Waals surface area contributed by atoms with Gasteiger partial charge in [0.15, 0.2) is 5.69 Å². The molecule has 30 heavy (non-hydrogen) atoms. The Kier molecular flexibility index (Phi) is 5.04. The van der Waals surface area contributed by atoms with Crippen molar-refractivity contribution in [3.05, 3.63) is 66.1 Å². The lowest BCUT2D eigenvalue weighted by atomic mass is 10.0. The number of hydrogen-bond donors (Lipinski definition) is 4. The number of carbonyl (C=O) groups is 3. The summed E-state index contributed by atoms with van der Waals surface area (Å²) in [5.74, 6) is -2.72. The third kappa shape index (κ3) is 3.65. The lowest BCUT2D eigenvalue weighted by Gasteiger charge is -2.15. The Balaban J connectivity index is 1.62. The number of primary amides is 1. The summed E-state index contributed by atoms with van der Waals surface area (Å²) in [7, 11) is 0. The van der Waals surface area contributed by atoms with Crippen LogP contribution < -0.4 is 11.1 Å². The second-order valence-corrected chi connectivity index (χ2v) is 6.57. The minimum Gasteiger partial charge on any atom is -0.363 e. The van der Waals surface area contributed by atoms with Crippen molar-refractivity contribution in [2.24, 2.45) is 5.73 Å². The first-order valence-corrected chi connectivity index (χ1v) is 9.06. The smallest absolute Gasteiger partial charge is 0.287 e. The van der Waals surface area contributed by atoms with E-state index in [2.05, 4.69) is 30.7 Å². The van der Waals surface area contributed by atoms with E-state index in [0.29, 0.717) is 11.4 Å². The van der Waals surface area contributed by atoms with Crippen LogP contribution in [0.2, 0.25) is 0 Å². The zero-order valence-electron chi connectivity index (χ0n) is 15.6. The molecule has 4 rings (SSSR count). The minimum atomic E-state index is -1.16. The number of carbonyl (C=O) groups excluding carboxylic acids is 3. The van der Waals surface area contributed by atoms with Crippen molar-refractivity contribution in [2.75, 3.05) is 0 Å². The third-order valence-corrected chi connectivity index (χ3v) is 4.65. The number of H-pyrrole nitrogens is 2. The van der Waals surface area contributed by atoms with Gasteiger partial charge in [0.2, 0.25) is 5.78 Å². The first-order valence-electron chi connectivity index (χ1n) is 9.06. The van der Waals surface area contributed by atoms with Crippen LogP contribution in [0.4, 0.5) is 0 Å². The molecule has 10 nitrogen and oxygen atoms in total. The SMILES string of the molecule is NC(=O)C(=O)C(Cc1c[nH]c2ccccc12)NC(=O)c1nn[nH]c1-c1ccccn1. The fraction of sp³-hybridized carbons (Fsp3) is 0.100. The standard InChI is InChI=1S/C20H17N7O3/c21-19(29)18(28)15(9-11-10-23-13-6-2-1-5-12(11)13)24-20(30)17-16(25-27-26-17)14-7-3-4-8-22-14/h1-8,10,15,23H,9H2,(H2,21,29)(H,24,30)(H,25,26,27). The Labute approximate surface area is 169 Å². The van der Waals surface area contributed by atoms with Crippen LogP contribution in [0.1, 0.15) is 16.1 Å². The molecule has 0 radical (unpaired) electrons. The van der Waals surface area contributed by atoms with E-state index in [1.165, 1.54) is 0 Å². The number of nitrogens with one attached hydrogen (secondary N) is 3. The summed E-state index contributed by atoms with van der Waals surface area (Å²) in [6, 6.07) is 11.5. The van der Waals surface area contributed by atoms with E-state index in [1.54, 1.807) is 30.6 Å². The first kappa shape index (κ1) is 19.0. The maximum atomic E-state index is 12.9. The molecule has 5 N–H and O–H groups in total. The summed E-state index contributed by atoms with van der Waals surface area (Å²) < 4.78 is 0. The zero-order valence-corrected chi connectivity index (χ0v) is 15.6. The molecular weight excluding hydrogens is 386 g/mol. The van der Waals surface area contributed by atoms with E-state index in [0.717, 1.165) is 16.5 Å². The Morgan fingerprint density at radius 3 is 2.67 bits per heavy atom. The van der Waals surface area contributed by atoms with Crippen molar-refractivity contribution in [1.29, 1.82) is 0 Å². The molecule has 1 atom stereocenters. The number of nitrogens with two attached hydrogens (primary N) is 1. The maximum absolute atomic E-state index is 12.9. The van der Waals surface area contributed by atoms with Crippen molar-refractivity contribution < 1.29 is 14.4 Å². The molecule has 0 saturated heterocycles. The second kappa shape index (κ2) is 7.95. The molecule has 150 valence electrons. The number of pyridine rings is 1. The van der Waals surface area contributed by atoms with Crippen molar-refractivity contribution in [1.82, 2.24) is 30.7 Å². The number of ketones is 1. The van der Waals surface area contributed by atoms with Crippen molar-refractivity contribution in [3.63, 3.8) is 0 Å². The van der Waals surface area contributed by atoms with E-state index in [4.69, 9.17) is 5.73 Å². The monoisotopic (exact) mass is 403 g/mol. The van der Waals surface area contributed by atoms with Gasteiger partial charge in [-0.15, -0.1) is 5.10 Å². The molecule has 10 heteroatoms. The van der Waals surface area contributed by atoms with Crippen LogP contribution in [0.3, 0.4) is 0 Å². The van der Waals surface area contributed by atoms with Gasteiger partial charge in [0.05, 0.1) is 5.69 Å². The van der Waals surface area contributed by atoms with Gasteiger partial charge in [-0.25, -0.2) is 0 Å². The topological polar surface area (TPSA) is 160 Å². The van der Waals surface area contributed by atoms with E-state index < -0.39 is 23.6 Å². The second-order valence-electron chi connectivity index (χ2n) is 6.57. The molecule has 0 fully saturated rings. The highest BCUT2D eigenvalue weighted by molar-refractivity contribution is 6.38. The number of nitrogens with zero attached hydrogens (tertiary/aromatic N) is 3. The summed E-state index contributed by atoms with van der Waals surface area (Å²) in [6.45, 7) is 0. The average Bonchev–Trinajstić information content (AvgIpc) is 3.41. The number of rotatable bonds is 7. The van der Waals surface area contributed by atoms with E-state index in [1.807, 2.05) is 24.3 Å². The number of hydrogen-bond acceptors (Lipinski definition) is 6. The molecule has 0 spiro atoms. The molecule has 0 aliphatic heterocycles. The summed E-state index contributed by atoms with van der Waals surface area (Å²) in [6.07, 6.45) is 3.37. The highest BCUT2D eigenvalue weighted by Crippen LogP contribution is 2.20.